The minimum Gasteiger partial charge on any atom is -0.485 e. The van der Waals surface area contributed by atoms with Crippen LogP contribution in [-0.2, 0) is 19.0 Å². The van der Waals surface area contributed by atoms with Crippen molar-refractivity contribution in [3.63, 3.8) is 0 Å². The fraction of sp³-hybridized carbons (Fsp3) is 0.513. The molecule has 0 saturated carbocycles. The second kappa shape index (κ2) is 12.5. The van der Waals surface area contributed by atoms with E-state index in [1.807, 2.05) is 32.2 Å². The van der Waals surface area contributed by atoms with Crippen molar-refractivity contribution >= 4 is 17.4 Å². The van der Waals surface area contributed by atoms with E-state index in [-0.39, 0.29) is 11.7 Å². The van der Waals surface area contributed by atoms with Crippen LogP contribution in [0.2, 0.25) is 0 Å². The van der Waals surface area contributed by atoms with Crippen molar-refractivity contribution in [2.24, 2.45) is 0 Å². The van der Waals surface area contributed by atoms with Gasteiger partial charge < -0.3 is 23.8 Å². The molecule has 1 fully saturated rings. The van der Waals surface area contributed by atoms with Crippen molar-refractivity contribution in [3.8, 4) is 28.1 Å². The molecule has 4 aliphatic heterocycles. The molecule has 8 rings (SSSR count). The van der Waals surface area contributed by atoms with E-state index in [2.05, 4.69) is 61.2 Å². The van der Waals surface area contributed by atoms with Gasteiger partial charge in [-0.15, -0.1) is 0 Å². The predicted octanol–water partition coefficient (Wildman–Crippen LogP) is 8.09. The highest BCUT2D eigenvalue weighted by Crippen LogP contribution is 2.48. The third-order valence-corrected chi connectivity index (χ3v) is 10.0. The number of nitrogens with zero attached hydrogens (tertiary/aromatic N) is 4. The van der Waals surface area contributed by atoms with Gasteiger partial charge in [0.2, 0.25) is 0 Å². The van der Waals surface area contributed by atoms with Gasteiger partial charge in [-0.3, -0.25) is 0 Å². The molecule has 48 heavy (non-hydrogen) atoms. The summed E-state index contributed by atoms with van der Waals surface area (Å²) in [5.41, 5.74) is 7.79. The summed E-state index contributed by atoms with van der Waals surface area (Å²) in [5.74, 6) is 1.28. The molecule has 0 spiro atoms. The second-order valence-corrected chi connectivity index (χ2v) is 14.9. The number of carbonyl (C=O) groups excluding carboxylic acids is 1. The molecule has 6 heterocycles. The Kier molecular flexibility index (Phi) is 8.48. The molecule has 2 aromatic carbocycles. The molecule has 4 aromatic rings. The Morgan fingerprint density at radius 1 is 1.02 bits per heavy atom. The summed E-state index contributed by atoms with van der Waals surface area (Å²) >= 11 is 0. The molecule has 0 unspecified atom stereocenters. The third-order valence-electron chi connectivity index (χ3n) is 10.0. The molecule has 4 bridgehead atoms. The third kappa shape index (κ3) is 6.07. The van der Waals surface area contributed by atoms with Gasteiger partial charge in [0.05, 0.1) is 29.6 Å². The van der Waals surface area contributed by atoms with Gasteiger partial charge in [0.1, 0.15) is 17.7 Å². The smallest absolute Gasteiger partial charge is 0.339 e. The van der Waals surface area contributed by atoms with Gasteiger partial charge in [-0.25, -0.2) is 9.78 Å². The molecular formula is C39H48N4O5. The summed E-state index contributed by atoms with van der Waals surface area (Å²) in [7, 11) is 1.40. The van der Waals surface area contributed by atoms with Crippen LogP contribution in [0.5, 0.6) is 5.75 Å². The number of esters is 1. The van der Waals surface area contributed by atoms with Gasteiger partial charge in [-0.05, 0) is 91.3 Å². The Hall–Kier alpha value is -3.95. The molecule has 0 amide bonds. The number of aryl methyl sites for hydroxylation is 2. The lowest BCUT2D eigenvalue weighted by atomic mass is 9.86. The van der Waals surface area contributed by atoms with Crippen LogP contribution in [0.15, 0.2) is 42.5 Å². The van der Waals surface area contributed by atoms with E-state index in [0.29, 0.717) is 16.9 Å². The number of piperidine rings is 1. The molecule has 9 heteroatoms. The standard InChI is InChI=1S/C39H48N4O5/c1-24-15-16-30-28(22-24)26-12-11-13-27-29-23-32-40-25(2)33(35(37(44)45-7)48-38(3,4)5)36(43(32)41-29)42-19-17-39(6,18-20-42)46-21-10-8-9-14-31(47-30)34(26)27/h11-13,15-16,22-23,31,35H,8-10,14,17-21H2,1-7H3/t31-,35+/m1/s1. The zero-order valence-corrected chi connectivity index (χ0v) is 29.4. The minimum absolute atomic E-state index is 0.112. The number of carbonyl (C=O) groups is 1. The lowest BCUT2D eigenvalue weighted by Crippen LogP contribution is -2.46. The van der Waals surface area contributed by atoms with Crippen molar-refractivity contribution in [2.45, 2.75) is 103 Å². The Labute approximate surface area is 283 Å². The number of fused-ring (bicyclic) bond motifs is 9. The van der Waals surface area contributed by atoms with Crippen LogP contribution in [0.1, 0.15) is 101 Å². The van der Waals surface area contributed by atoms with E-state index in [9.17, 15) is 4.79 Å². The first-order valence-corrected chi connectivity index (χ1v) is 17.4. The van der Waals surface area contributed by atoms with Crippen LogP contribution in [0, 0.1) is 13.8 Å². The zero-order chi connectivity index (χ0) is 33.8. The maximum atomic E-state index is 13.5. The summed E-state index contributed by atoms with van der Waals surface area (Å²) in [6.07, 6.45) is 4.64. The van der Waals surface area contributed by atoms with E-state index in [0.717, 1.165) is 92.2 Å². The van der Waals surface area contributed by atoms with Gasteiger partial charge in [0, 0.05) is 48.1 Å². The summed E-state index contributed by atoms with van der Waals surface area (Å²) in [6, 6.07) is 15.0. The number of hydrogen-bond donors (Lipinski definition) is 0. The number of hydrogen-bond acceptors (Lipinski definition) is 8. The number of benzene rings is 2. The SMILES string of the molecule is COC(=O)[C@@H](OC(C)(C)C)c1c(C)nc2cc3nn2c1N1CCC(C)(CC1)OCCCCC[C@H]1Oc2ccc(C)cc2-c2cccc-3c21. The van der Waals surface area contributed by atoms with Gasteiger partial charge in [0.15, 0.2) is 11.8 Å². The molecule has 254 valence electrons. The molecule has 9 nitrogen and oxygen atoms in total. The first-order valence-electron chi connectivity index (χ1n) is 17.4. The Morgan fingerprint density at radius 2 is 1.79 bits per heavy atom. The maximum Gasteiger partial charge on any atom is 0.339 e. The fourth-order valence-corrected chi connectivity index (χ4v) is 7.55. The van der Waals surface area contributed by atoms with E-state index < -0.39 is 17.7 Å². The van der Waals surface area contributed by atoms with Crippen LogP contribution in [0.4, 0.5) is 5.82 Å². The number of methoxy groups -OCH3 is 1. The number of anilines is 1. The van der Waals surface area contributed by atoms with Crippen LogP contribution < -0.4 is 9.64 Å². The highest BCUT2D eigenvalue weighted by Gasteiger charge is 2.39. The van der Waals surface area contributed by atoms with Gasteiger partial charge >= 0.3 is 5.97 Å². The van der Waals surface area contributed by atoms with Crippen molar-refractivity contribution < 1.29 is 23.7 Å². The van der Waals surface area contributed by atoms with E-state index >= 15 is 0 Å². The lowest BCUT2D eigenvalue weighted by Gasteiger charge is -2.41. The van der Waals surface area contributed by atoms with Crippen molar-refractivity contribution in [1.82, 2.24) is 14.6 Å². The Morgan fingerprint density at radius 3 is 2.54 bits per heavy atom. The van der Waals surface area contributed by atoms with Crippen LogP contribution in [0.25, 0.3) is 28.0 Å². The van der Waals surface area contributed by atoms with Gasteiger partial charge in [-0.2, -0.15) is 9.61 Å². The fourth-order valence-electron chi connectivity index (χ4n) is 7.55. The zero-order valence-electron chi connectivity index (χ0n) is 29.4. The molecule has 0 aliphatic carbocycles. The molecule has 2 atom stereocenters. The quantitative estimate of drug-likeness (QED) is 0.205. The predicted molar refractivity (Wildman–Crippen MR) is 187 cm³/mol. The lowest BCUT2D eigenvalue weighted by molar-refractivity contribution is -0.164. The average molecular weight is 653 g/mol. The maximum absolute atomic E-state index is 13.5. The van der Waals surface area contributed by atoms with Crippen molar-refractivity contribution in [2.75, 3.05) is 31.7 Å². The Bertz CT molecular complexity index is 1850. The number of ether oxygens (including phenoxy) is 4. The van der Waals surface area contributed by atoms with Crippen molar-refractivity contribution in [1.29, 1.82) is 0 Å². The average Bonchev–Trinajstić information content (AvgIpc) is 3.47. The number of rotatable bonds is 3. The largest absolute Gasteiger partial charge is 0.485 e. The van der Waals surface area contributed by atoms with Crippen LogP contribution in [0.3, 0.4) is 0 Å². The monoisotopic (exact) mass is 652 g/mol. The Balaban J connectivity index is 1.47. The molecule has 0 N–H and O–H groups in total. The summed E-state index contributed by atoms with van der Waals surface area (Å²) in [6.45, 7) is 14.4. The second-order valence-electron chi connectivity index (χ2n) is 14.9. The highest BCUT2D eigenvalue weighted by molar-refractivity contribution is 5.84. The summed E-state index contributed by atoms with van der Waals surface area (Å²) < 4.78 is 27.1. The minimum atomic E-state index is -0.977. The van der Waals surface area contributed by atoms with Crippen molar-refractivity contribution in [3.05, 3.63) is 64.8 Å². The van der Waals surface area contributed by atoms with Crippen LogP contribution in [-0.4, -0.2) is 58.6 Å². The first kappa shape index (κ1) is 32.6. The molecule has 2 aromatic heterocycles. The highest BCUT2D eigenvalue weighted by atomic mass is 16.6. The normalized spacial score (nSPS) is 21.7. The molecular weight excluding hydrogens is 604 g/mol. The number of aromatic nitrogens is 3. The molecule has 4 aliphatic rings. The van der Waals surface area contributed by atoms with Crippen LogP contribution >= 0.6 is 0 Å². The molecule has 0 radical (unpaired) electrons. The summed E-state index contributed by atoms with van der Waals surface area (Å²) in [5, 5.41) is 5.31. The van der Waals surface area contributed by atoms with E-state index in [1.54, 1.807) is 0 Å². The van der Waals surface area contributed by atoms with Gasteiger partial charge in [-0.1, -0.05) is 36.2 Å². The topological polar surface area (TPSA) is 87.4 Å². The first-order chi connectivity index (χ1) is 22.9. The summed E-state index contributed by atoms with van der Waals surface area (Å²) in [4.78, 5) is 20.8. The van der Waals surface area contributed by atoms with Gasteiger partial charge in [0.25, 0.3) is 0 Å². The molecule has 1 saturated heterocycles. The van der Waals surface area contributed by atoms with E-state index in [1.165, 1.54) is 18.2 Å². The van der Waals surface area contributed by atoms with E-state index in [4.69, 9.17) is 29.0 Å².